The van der Waals surface area contributed by atoms with E-state index in [0.717, 1.165) is 25.9 Å². The Hall–Kier alpha value is -1.48. The van der Waals surface area contributed by atoms with Gasteiger partial charge in [-0.2, -0.15) is 0 Å². The van der Waals surface area contributed by atoms with Crippen molar-refractivity contribution in [3.8, 4) is 0 Å². The van der Waals surface area contributed by atoms with E-state index in [1.807, 2.05) is 0 Å². The highest BCUT2D eigenvalue weighted by atomic mass is 32.2. The Morgan fingerprint density at radius 3 is 2.29 bits per heavy atom. The zero-order valence-corrected chi connectivity index (χ0v) is 34.2. The molecular weight excluding hydrogens is 669 g/mol. The van der Waals surface area contributed by atoms with Crippen molar-refractivity contribution in [1.82, 2.24) is 10.2 Å². The summed E-state index contributed by atoms with van der Waals surface area (Å²) in [6.45, 7) is 23.0. The van der Waals surface area contributed by atoms with Crippen LogP contribution in [-0.4, -0.2) is 79.3 Å². The summed E-state index contributed by atoms with van der Waals surface area (Å²) >= 11 is 0. The van der Waals surface area contributed by atoms with Crippen LogP contribution in [-0.2, 0) is 14.6 Å². The lowest BCUT2D eigenvalue weighted by molar-refractivity contribution is -0.221. The number of aliphatic carboxylic acids is 1. The summed E-state index contributed by atoms with van der Waals surface area (Å²) in [7, 11) is -2.87. The highest BCUT2D eigenvalue weighted by molar-refractivity contribution is 7.91. The van der Waals surface area contributed by atoms with Gasteiger partial charge >= 0.3 is 5.97 Å². The van der Waals surface area contributed by atoms with Crippen molar-refractivity contribution in [1.29, 1.82) is 0 Å². The topological polar surface area (TPSA) is 107 Å². The molecule has 6 aliphatic carbocycles. The molecule has 7 nitrogen and oxygen atoms in total. The van der Waals surface area contributed by atoms with Gasteiger partial charge in [0, 0.05) is 38.3 Å². The van der Waals surface area contributed by atoms with E-state index in [0.29, 0.717) is 73.4 Å². The molecule has 7 rings (SSSR count). The van der Waals surface area contributed by atoms with E-state index in [9.17, 15) is 23.4 Å². The van der Waals surface area contributed by atoms with Crippen LogP contribution in [0.5, 0.6) is 0 Å². The molecule has 0 amide bonds. The molecule has 10 atom stereocenters. The van der Waals surface area contributed by atoms with Gasteiger partial charge in [-0.15, -0.1) is 0 Å². The number of aliphatic hydroxyl groups is 1. The third-order valence-corrected chi connectivity index (χ3v) is 19.6. The van der Waals surface area contributed by atoms with Crippen molar-refractivity contribution in [2.45, 2.75) is 131 Å². The molecule has 0 bridgehead atoms. The number of carbonyl (C=O) groups is 1. The molecule has 0 spiro atoms. The fraction of sp³-hybridized carbons (Fsp3) is 0.841. The van der Waals surface area contributed by atoms with Gasteiger partial charge in [-0.25, -0.2) is 8.42 Å². The van der Waals surface area contributed by atoms with E-state index in [4.69, 9.17) is 0 Å². The third-order valence-electron chi connectivity index (χ3n) is 18.0. The molecule has 3 N–H and O–H groups in total. The Morgan fingerprint density at radius 1 is 0.923 bits per heavy atom. The number of sulfone groups is 1. The number of hydrogen-bond donors (Lipinski definition) is 3. The van der Waals surface area contributed by atoms with Crippen LogP contribution in [0.2, 0.25) is 0 Å². The lowest BCUT2D eigenvalue weighted by atomic mass is 9.33. The van der Waals surface area contributed by atoms with Gasteiger partial charge in [0.1, 0.15) is 0 Å². The molecule has 1 saturated heterocycles. The van der Waals surface area contributed by atoms with Gasteiger partial charge in [0.2, 0.25) is 0 Å². The Morgan fingerprint density at radius 2 is 1.65 bits per heavy atom. The zero-order chi connectivity index (χ0) is 37.5. The molecule has 1 heterocycles. The summed E-state index contributed by atoms with van der Waals surface area (Å²) in [4.78, 5) is 14.6. The van der Waals surface area contributed by atoms with Crippen LogP contribution < -0.4 is 5.32 Å². The highest BCUT2D eigenvalue weighted by Gasteiger charge is 2.70. The second-order valence-electron chi connectivity index (χ2n) is 20.3. The largest absolute Gasteiger partial charge is 0.481 e. The molecule has 292 valence electrons. The van der Waals surface area contributed by atoms with Gasteiger partial charge in [-0.1, -0.05) is 58.9 Å². The Balaban J connectivity index is 1.13. The molecule has 0 aromatic heterocycles. The molecule has 7 aliphatic rings. The first-order valence-corrected chi connectivity index (χ1v) is 22.8. The van der Waals surface area contributed by atoms with Gasteiger partial charge in [-0.3, -0.25) is 4.79 Å². The lowest BCUT2D eigenvalue weighted by Crippen LogP contribution is -2.68. The van der Waals surface area contributed by atoms with Crippen LogP contribution in [0.15, 0.2) is 35.5 Å². The molecule has 0 aromatic rings. The zero-order valence-electron chi connectivity index (χ0n) is 33.4. The number of carboxylic acid groups (broad SMARTS) is 1. The summed E-state index contributed by atoms with van der Waals surface area (Å²) in [5.41, 5.74) is 4.30. The Kier molecular flexibility index (Phi) is 9.94. The minimum Gasteiger partial charge on any atom is -0.481 e. The smallest absolute Gasteiger partial charge is 0.310 e. The van der Waals surface area contributed by atoms with E-state index >= 15 is 0 Å². The molecule has 0 radical (unpaired) electrons. The molecule has 0 aromatic carbocycles. The number of fused-ring (bicyclic) bond motifs is 7. The van der Waals surface area contributed by atoms with E-state index in [1.165, 1.54) is 68.1 Å². The van der Waals surface area contributed by atoms with Crippen molar-refractivity contribution in [3.63, 3.8) is 0 Å². The van der Waals surface area contributed by atoms with E-state index in [-0.39, 0.29) is 33.8 Å². The highest BCUT2D eigenvalue weighted by Crippen LogP contribution is 2.76. The first kappa shape index (κ1) is 38.8. The first-order chi connectivity index (χ1) is 24.4. The number of carboxylic acids is 1. The molecule has 0 unspecified atom stereocenters. The minimum atomic E-state index is -2.87. The molecule has 52 heavy (non-hydrogen) atoms. The minimum absolute atomic E-state index is 0.0266. The normalized spacial score (nSPS) is 45.4. The van der Waals surface area contributed by atoms with Gasteiger partial charge in [0.05, 0.1) is 16.9 Å². The second kappa shape index (κ2) is 13.3. The van der Waals surface area contributed by atoms with Crippen LogP contribution in [0.1, 0.15) is 125 Å². The summed E-state index contributed by atoms with van der Waals surface area (Å²) in [5.74, 6) is 2.91. The monoisotopic (exact) mass is 739 g/mol. The number of hydrogen-bond acceptors (Lipinski definition) is 6. The van der Waals surface area contributed by atoms with Crippen LogP contribution in [0.3, 0.4) is 0 Å². The number of nitrogens with zero attached hydrogens (tertiary/aromatic N) is 1. The lowest BCUT2D eigenvalue weighted by Gasteiger charge is -2.72. The van der Waals surface area contributed by atoms with E-state index in [1.54, 1.807) is 0 Å². The SMILES string of the molecule is C=C(C)[C@@H]1CC[C@]2(NCCN3CCS(=O)(=O)CC3)CC[C@]3(C)[C@H](CC[C@@H]4[C@@]5(C)CC=C(C6=CC[C@@](CCO)(C(=O)O)CC6)C(C)(C)[C@@H]5CC[C@]43C)[C@@H]12. The maximum atomic E-state index is 12.3. The number of rotatable bonds is 9. The average Bonchev–Trinajstić information content (AvgIpc) is 3.46. The number of nitrogens with one attached hydrogen (secondary N) is 1. The van der Waals surface area contributed by atoms with E-state index in [2.05, 4.69) is 70.5 Å². The number of allylic oxidation sites excluding steroid dienone is 5. The molecule has 8 heteroatoms. The first-order valence-electron chi connectivity index (χ1n) is 21.0. The van der Waals surface area contributed by atoms with Crippen molar-refractivity contribution in [2.24, 2.45) is 56.7 Å². The third kappa shape index (κ3) is 5.88. The maximum Gasteiger partial charge on any atom is 0.310 e. The number of aliphatic hydroxyl groups excluding tert-OH is 1. The van der Waals surface area contributed by atoms with Gasteiger partial charge in [-0.05, 0) is 153 Å². The van der Waals surface area contributed by atoms with Crippen molar-refractivity contribution < 1.29 is 23.4 Å². The molecule has 4 saturated carbocycles. The van der Waals surface area contributed by atoms with Crippen molar-refractivity contribution >= 4 is 15.8 Å². The second-order valence-corrected chi connectivity index (χ2v) is 22.6. The van der Waals surface area contributed by atoms with Crippen molar-refractivity contribution in [2.75, 3.05) is 44.3 Å². The van der Waals surface area contributed by atoms with Crippen LogP contribution in [0.4, 0.5) is 0 Å². The predicted octanol–water partition coefficient (Wildman–Crippen LogP) is 7.82. The van der Waals surface area contributed by atoms with E-state index < -0.39 is 21.2 Å². The Labute approximate surface area is 315 Å². The molecule has 5 fully saturated rings. The van der Waals surface area contributed by atoms with Crippen LogP contribution >= 0.6 is 0 Å². The van der Waals surface area contributed by atoms with Gasteiger partial charge < -0.3 is 20.4 Å². The summed E-state index contributed by atoms with van der Waals surface area (Å²) in [6, 6.07) is 0. The van der Waals surface area contributed by atoms with Crippen LogP contribution in [0, 0.1) is 56.7 Å². The summed E-state index contributed by atoms with van der Waals surface area (Å²) < 4.78 is 24.1. The average molecular weight is 739 g/mol. The summed E-state index contributed by atoms with van der Waals surface area (Å²) in [6.07, 6.45) is 18.2. The molecular formula is C44H70N2O5S. The van der Waals surface area contributed by atoms with Gasteiger partial charge in [0.15, 0.2) is 9.84 Å². The molecule has 1 aliphatic heterocycles. The standard InChI is InChI=1S/C44H70N2O5S/c1-30(2)32-12-19-44(45-23-24-46-25-28-52(50,51)29-26-46)21-20-41(6)34(37(32)44)8-9-36-40(5)15-13-33(39(3,4)35(40)14-16-42(36,41)7)31-10-17-43(18-11-31,22-27-47)38(48)49/h10,13,32,34-37,45,47H,1,8-9,11-12,14-29H2,2-7H3,(H,48,49)/t32-,34+,35-,36+,37+,40-,41+,42+,43+,44-/m0/s1. The predicted molar refractivity (Wildman–Crippen MR) is 210 cm³/mol. The van der Waals surface area contributed by atoms with Crippen LogP contribution in [0.25, 0.3) is 0 Å². The fourth-order valence-electron chi connectivity index (χ4n) is 14.9. The fourth-order valence-corrected chi connectivity index (χ4v) is 16.2. The Bertz CT molecular complexity index is 1600. The summed E-state index contributed by atoms with van der Waals surface area (Å²) in [5, 5.41) is 23.9. The van der Waals surface area contributed by atoms with Gasteiger partial charge in [0.25, 0.3) is 0 Å². The van der Waals surface area contributed by atoms with Crippen molar-refractivity contribution in [3.05, 3.63) is 35.5 Å². The maximum absolute atomic E-state index is 12.3. The quantitative estimate of drug-likeness (QED) is 0.207.